The fourth-order valence-corrected chi connectivity index (χ4v) is 1.63. The quantitative estimate of drug-likeness (QED) is 0.210. The summed E-state index contributed by atoms with van der Waals surface area (Å²) < 4.78 is 4.76. The number of rotatable bonds is 4. The van der Waals surface area contributed by atoms with E-state index in [9.17, 15) is 9.59 Å². The van der Waals surface area contributed by atoms with Crippen LogP contribution < -0.4 is 18.9 Å². The number of halogens is 1. The molecule has 0 aliphatic heterocycles. The molecule has 0 amide bonds. The van der Waals surface area contributed by atoms with E-state index in [0.717, 1.165) is 0 Å². The van der Waals surface area contributed by atoms with Crippen LogP contribution in [0.2, 0.25) is 5.02 Å². The number of hydrogen-bond donors (Lipinski definition) is 1. The Kier molecular flexibility index (Phi) is 7.57. The first-order valence-corrected chi connectivity index (χ1v) is 5.83. The van der Waals surface area contributed by atoms with Crippen molar-refractivity contribution in [3.05, 3.63) is 34.7 Å². The van der Waals surface area contributed by atoms with E-state index in [1.165, 1.54) is 13.0 Å². The van der Waals surface area contributed by atoms with Gasteiger partial charge in [0.2, 0.25) is 0 Å². The molecule has 0 aromatic heterocycles. The van der Waals surface area contributed by atoms with E-state index in [0.29, 0.717) is 4.90 Å². The Morgan fingerprint density at radius 1 is 1.44 bits per heavy atom. The van der Waals surface area contributed by atoms with Crippen LogP contribution in [0.15, 0.2) is 23.1 Å². The van der Waals surface area contributed by atoms with Crippen LogP contribution in [0.4, 0.5) is 0 Å². The van der Waals surface area contributed by atoms with Gasteiger partial charge >= 0.3 is 18.9 Å². The minimum absolute atomic E-state index is 0. The zero-order chi connectivity index (χ0) is 13.0. The molecule has 0 saturated heterocycles. The van der Waals surface area contributed by atoms with Crippen LogP contribution in [0.1, 0.15) is 24.2 Å². The number of thiol groups is 1. The SMILES string of the molecule is CCOC(=O)[C-](C)C(=O)c1cc(S)ccc1Cl.[Li+]. The molecule has 92 valence electrons. The van der Waals surface area contributed by atoms with Crippen LogP contribution in [-0.2, 0) is 9.53 Å². The molecular formula is C12H12ClLiO3S. The zero-order valence-electron chi connectivity index (χ0n) is 10.5. The number of hydrogen-bond acceptors (Lipinski definition) is 4. The van der Waals surface area contributed by atoms with Crippen molar-refractivity contribution in [2.45, 2.75) is 18.7 Å². The van der Waals surface area contributed by atoms with Gasteiger partial charge in [0.15, 0.2) is 0 Å². The Hall–Kier alpha value is -0.533. The van der Waals surface area contributed by atoms with Gasteiger partial charge in [-0.15, -0.1) is 35.9 Å². The molecule has 0 aliphatic rings. The first-order valence-electron chi connectivity index (χ1n) is 5.01. The van der Waals surface area contributed by atoms with Crippen molar-refractivity contribution in [1.82, 2.24) is 0 Å². The van der Waals surface area contributed by atoms with Gasteiger partial charge in [0.05, 0.1) is 6.61 Å². The van der Waals surface area contributed by atoms with Crippen LogP contribution in [0.25, 0.3) is 0 Å². The number of carbonyl (C=O) groups excluding carboxylic acids is 2. The summed E-state index contributed by atoms with van der Waals surface area (Å²) in [6.45, 7) is 3.32. The van der Waals surface area contributed by atoms with Gasteiger partial charge in [-0.3, -0.25) is 4.79 Å². The average molecular weight is 279 g/mol. The molecule has 0 spiro atoms. The van der Waals surface area contributed by atoms with E-state index < -0.39 is 11.8 Å². The Morgan fingerprint density at radius 3 is 2.61 bits per heavy atom. The minimum Gasteiger partial charge on any atom is -0.476 e. The van der Waals surface area contributed by atoms with Crippen LogP contribution in [0.5, 0.6) is 0 Å². The fourth-order valence-electron chi connectivity index (χ4n) is 1.22. The molecule has 1 aromatic rings. The Morgan fingerprint density at radius 2 is 2.06 bits per heavy atom. The molecule has 0 aliphatic carbocycles. The standard InChI is InChI=1S/C12H12ClO3S.Li/c1-3-16-12(15)7(2)11(14)9-6-8(17)4-5-10(9)13;/h4-6,17H,3H2,1-2H3;/q-1;+1. The summed E-state index contributed by atoms with van der Waals surface area (Å²) in [5.41, 5.74) is 0.254. The minimum atomic E-state index is -0.627. The van der Waals surface area contributed by atoms with E-state index in [1.807, 2.05) is 0 Å². The third kappa shape index (κ3) is 4.29. The molecule has 0 bridgehead atoms. The van der Waals surface area contributed by atoms with Gasteiger partial charge in [-0.1, -0.05) is 25.0 Å². The molecule has 6 heteroatoms. The van der Waals surface area contributed by atoms with Crippen molar-refractivity contribution < 1.29 is 33.2 Å². The number of carbonyl (C=O) groups is 2. The molecule has 1 aromatic carbocycles. The number of Topliss-reactive ketones (excluding diaryl/α,β-unsaturated/α-hetero) is 1. The summed E-state index contributed by atoms with van der Waals surface area (Å²) in [4.78, 5) is 24.0. The van der Waals surface area contributed by atoms with Gasteiger partial charge in [0.1, 0.15) is 0 Å². The van der Waals surface area contributed by atoms with Crippen LogP contribution in [0.3, 0.4) is 0 Å². The number of esters is 1. The predicted molar refractivity (Wildman–Crippen MR) is 68.6 cm³/mol. The smallest absolute Gasteiger partial charge is 0.476 e. The molecular weight excluding hydrogens is 267 g/mol. The van der Waals surface area contributed by atoms with Crippen LogP contribution in [-0.4, -0.2) is 18.4 Å². The summed E-state index contributed by atoms with van der Waals surface area (Å²) in [7, 11) is 0. The molecule has 0 unspecified atom stereocenters. The number of benzene rings is 1. The van der Waals surface area contributed by atoms with Gasteiger partial charge in [-0.2, -0.15) is 0 Å². The van der Waals surface area contributed by atoms with E-state index >= 15 is 0 Å². The second-order valence-electron chi connectivity index (χ2n) is 3.34. The van der Waals surface area contributed by atoms with Gasteiger partial charge in [0.25, 0.3) is 5.97 Å². The van der Waals surface area contributed by atoms with Crippen LogP contribution >= 0.6 is 24.2 Å². The van der Waals surface area contributed by atoms with Crippen molar-refractivity contribution in [3.8, 4) is 0 Å². The molecule has 0 saturated carbocycles. The Balaban J connectivity index is 0.00000289. The van der Waals surface area contributed by atoms with Gasteiger partial charge in [-0.25, -0.2) is 0 Å². The molecule has 3 nitrogen and oxygen atoms in total. The number of ketones is 1. The predicted octanol–water partition coefficient (Wildman–Crippen LogP) is -0.0271. The summed E-state index contributed by atoms with van der Waals surface area (Å²) >= 11 is 10.0. The summed E-state index contributed by atoms with van der Waals surface area (Å²) in [5.74, 6) is -1.06. The molecule has 0 heterocycles. The van der Waals surface area contributed by atoms with Crippen molar-refractivity contribution in [1.29, 1.82) is 0 Å². The monoisotopic (exact) mass is 278 g/mol. The largest absolute Gasteiger partial charge is 1.00 e. The Bertz CT molecular complexity index is 451. The first kappa shape index (κ1) is 17.5. The number of ether oxygens (including phenoxy) is 1. The Labute approximate surface area is 129 Å². The zero-order valence-corrected chi connectivity index (χ0v) is 12.1. The maximum Gasteiger partial charge on any atom is 1.00 e. The molecule has 0 radical (unpaired) electrons. The average Bonchev–Trinajstić information content (AvgIpc) is 2.30. The van der Waals surface area contributed by atoms with Crippen molar-refractivity contribution in [3.63, 3.8) is 0 Å². The van der Waals surface area contributed by atoms with Crippen molar-refractivity contribution in [2.75, 3.05) is 6.61 Å². The molecule has 0 fully saturated rings. The molecule has 1 rings (SSSR count). The normalized spacial score (nSPS) is 9.33. The van der Waals surface area contributed by atoms with E-state index in [2.05, 4.69) is 12.6 Å². The third-order valence-corrected chi connectivity index (χ3v) is 2.72. The maximum atomic E-state index is 12.0. The van der Waals surface area contributed by atoms with Gasteiger partial charge < -0.3 is 9.53 Å². The van der Waals surface area contributed by atoms with E-state index in [4.69, 9.17) is 16.3 Å². The molecule has 0 N–H and O–H groups in total. The van der Waals surface area contributed by atoms with Crippen molar-refractivity contribution in [2.24, 2.45) is 0 Å². The van der Waals surface area contributed by atoms with E-state index in [1.54, 1.807) is 19.1 Å². The topological polar surface area (TPSA) is 43.4 Å². The fraction of sp³-hybridized carbons (Fsp3) is 0.250. The summed E-state index contributed by atoms with van der Waals surface area (Å²) in [5, 5.41) is 0.288. The first-order chi connectivity index (χ1) is 7.97. The van der Waals surface area contributed by atoms with Crippen molar-refractivity contribution >= 4 is 36.0 Å². The summed E-state index contributed by atoms with van der Waals surface area (Å²) in [6.07, 6.45) is 0. The third-order valence-electron chi connectivity index (χ3n) is 2.12. The summed E-state index contributed by atoms with van der Waals surface area (Å²) in [6, 6.07) is 4.76. The second kappa shape index (κ2) is 7.80. The van der Waals surface area contributed by atoms with Gasteiger partial charge in [0, 0.05) is 5.78 Å². The van der Waals surface area contributed by atoms with Crippen LogP contribution in [0, 0.1) is 5.92 Å². The second-order valence-corrected chi connectivity index (χ2v) is 4.26. The molecule has 0 atom stereocenters. The maximum absolute atomic E-state index is 12.0. The molecule has 18 heavy (non-hydrogen) atoms. The van der Waals surface area contributed by atoms with Gasteiger partial charge in [-0.05, 0) is 16.8 Å². The van der Waals surface area contributed by atoms with E-state index in [-0.39, 0.29) is 42.0 Å².